The number of hydrogen-bond donors (Lipinski definition) is 1. The molecule has 2 rings (SSSR count). The fraction of sp³-hybridized carbons (Fsp3) is 1.00. The van der Waals surface area contributed by atoms with Crippen molar-refractivity contribution < 1.29 is 9.84 Å². The predicted molar refractivity (Wildman–Crippen MR) is 88.2 cm³/mol. The van der Waals surface area contributed by atoms with Gasteiger partial charge in [0.1, 0.15) is 0 Å². The third kappa shape index (κ3) is 3.64. The quantitative estimate of drug-likeness (QED) is 0.827. The lowest BCUT2D eigenvalue weighted by Crippen LogP contribution is -2.42. The van der Waals surface area contributed by atoms with Crippen LogP contribution in [0.2, 0.25) is 0 Å². The fourth-order valence-electron chi connectivity index (χ4n) is 4.96. The van der Waals surface area contributed by atoms with Gasteiger partial charge in [-0.3, -0.25) is 0 Å². The number of ether oxygens (including phenoxy) is 1. The monoisotopic (exact) mass is 296 g/mol. The summed E-state index contributed by atoms with van der Waals surface area (Å²) in [6.45, 7) is 9.98. The van der Waals surface area contributed by atoms with Crippen molar-refractivity contribution in [3.05, 3.63) is 0 Å². The Morgan fingerprint density at radius 3 is 2.10 bits per heavy atom. The summed E-state index contributed by atoms with van der Waals surface area (Å²) < 4.78 is 5.74. The summed E-state index contributed by atoms with van der Waals surface area (Å²) in [5, 5.41) is 9.65. The Hall–Kier alpha value is -0.0800. The molecule has 6 atom stereocenters. The van der Waals surface area contributed by atoms with Crippen molar-refractivity contribution in [1.29, 1.82) is 0 Å². The molecule has 0 aliphatic heterocycles. The molecule has 0 saturated heterocycles. The Kier molecular flexibility index (Phi) is 5.76. The molecule has 2 aliphatic rings. The van der Waals surface area contributed by atoms with Gasteiger partial charge >= 0.3 is 0 Å². The summed E-state index contributed by atoms with van der Waals surface area (Å²) >= 11 is 0. The van der Waals surface area contributed by atoms with Crippen LogP contribution in [0, 0.1) is 35.0 Å². The minimum atomic E-state index is 0.371. The molecule has 0 amide bonds. The van der Waals surface area contributed by atoms with Crippen LogP contribution in [0.25, 0.3) is 0 Å². The van der Waals surface area contributed by atoms with Gasteiger partial charge in [0.05, 0.1) is 6.10 Å². The van der Waals surface area contributed by atoms with E-state index in [4.69, 9.17) is 4.74 Å². The highest BCUT2D eigenvalue weighted by Crippen LogP contribution is 2.51. The van der Waals surface area contributed by atoms with Crippen LogP contribution >= 0.6 is 0 Å². The van der Waals surface area contributed by atoms with E-state index in [9.17, 15) is 5.11 Å². The number of rotatable bonds is 4. The maximum Gasteiger partial charge on any atom is 0.0599 e. The third-order valence-electron chi connectivity index (χ3n) is 7.13. The lowest BCUT2D eigenvalue weighted by molar-refractivity contribution is -0.0455. The van der Waals surface area contributed by atoms with E-state index >= 15 is 0 Å². The molecule has 2 fully saturated rings. The van der Waals surface area contributed by atoms with Crippen LogP contribution in [0.1, 0.15) is 66.2 Å². The SMILES string of the molecule is COC1CC(C(C)(C)C2CCC(C)C(CO)C2)CCC1C. The molecule has 0 aromatic heterocycles. The van der Waals surface area contributed by atoms with E-state index in [0.29, 0.717) is 35.9 Å². The van der Waals surface area contributed by atoms with Crippen LogP contribution in [-0.4, -0.2) is 24.9 Å². The molecular weight excluding hydrogens is 260 g/mol. The molecular formula is C19H36O2. The molecule has 6 unspecified atom stereocenters. The van der Waals surface area contributed by atoms with Gasteiger partial charge in [0.2, 0.25) is 0 Å². The zero-order valence-corrected chi connectivity index (χ0v) is 14.8. The lowest BCUT2D eigenvalue weighted by Gasteiger charge is -2.49. The van der Waals surface area contributed by atoms with Gasteiger partial charge in [-0.15, -0.1) is 0 Å². The van der Waals surface area contributed by atoms with Gasteiger partial charge < -0.3 is 9.84 Å². The van der Waals surface area contributed by atoms with E-state index in [-0.39, 0.29) is 0 Å². The summed E-state index contributed by atoms with van der Waals surface area (Å²) in [5.41, 5.74) is 0.379. The first kappa shape index (κ1) is 17.3. The molecule has 0 aromatic carbocycles. The van der Waals surface area contributed by atoms with E-state index < -0.39 is 0 Å². The topological polar surface area (TPSA) is 29.5 Å². The molecule has 0 radical (unpaired) electrons. The lowest BCUT2D eigenvalue weighted by atomic mass is 9.57. The van der Waals surface area contributed by atoms with Gasteiger partial charge in [0.15, 0.2) is 0 Å². The van der Waals surface area contributed by atoms with E-state index in [1.165, 1.54) is 38.5 Å². The minimum Gasteiger partial charge on any atom is -0.396 e. The summed E-state index contributed by atoms with van der Waals surface area (Å²) in [6.07, 6.45) is 8.17. The van der Waals surface area contributed by atoms with Crippen LogP contribution in [-0.2, 0) is 4.74 Å². The average Bonchev–Trinajstić information content (AvgIpc) is 2.47. The number of methoxy groups -OCH3 is 1. The summed E-state index contributed by atoms with van der Waals surface area (Å²) in [6, 6.07) is 0. The van der Waals surface area contributed by atoms with Gasteiger partial charge in [-0.1, -0.05) is 34.1 Å². The second kappa shape index (κ2) is 7.00. The second-order valence-corrected chi connectivity index (χ2v) is 8.51. The maximum atomic E-state index is 9.65. The molecule has 21 heavy (non-hydrogen) atoms. The van der Waals surface area contributed by atoms with Gasteiger partial charge in [-0.25, -0.2) is 0 Å². The molecule has 2 aliphatic carbocycles. The van der Waals surface area contributed by atoms with E-state index in [1.54, 1.807) is 0 Å². The molecule has 2 saturated carbocycles. The third-order valence-corrected chi connectivity index (χ3v) is 7.13. The molecule has 0 spiro atoms. The van der Waals surface area contributed by atoms with Gasteiger partial charge in [-0.2, -0.15) is 0 Å². The van der Waals surface area contributed by atoms with Crippen LogP contribution in [0.4, 0.5) is 0 Å². The van der Waals surface area contributed by atoms with Gasteiger partial charge in [0, 0.05) is 13.7 Å². The molecule has 2 heteroatoms. The molecule has 124 valence electrons. The molecule has 0 heterocycles. The average molecular weight is 296 g/mol. The van der Waals surface area contributed by atoms with Crippen molar-refractivity contribution in [1.82, 2.24) is 0 Å². The zero-order valence-electron chi connectivity index (χ0n) is 14.8. The van der Waals surface area contributed by atoms with E-state index in [0.717, 1.165) is 11.8 Å². The van der Waals surface area contributed by atoms with Crippen molar-refractivity contribution in [3.8, 4) is 0 Å². The van der Waals surface area contributed by atoms with Gasteiger partial charge in [0.25, 0.3) is 0 Å². The highest BCUT2D eigenvalue weighted by molar-refractivity contribution is 4.93. The first-order valence-corrected chi connectivity index (χ1v) is 9.03. The van der Waals surface area contributed by atoms with Gasteiger partial charge in [-0.05, 0) is 67.1 Å². The summed E-state index contributed by atoms with van der Waals surface area (Å²) in [4.78, 5) is 0. The maximum absolute atomic E-state index is 9.65. The highest BCUT2D eigenvalue weighted by Gasteiger charge is 2.43. The van der Waals surface area contributed by atoms with E-state index in [1.807, 2.05) is 7.11 Å². The fourth-order valence-corrected chi connectivity index (χ4v) is 4.96. The number of hydrogen-bond acceptors (Lipinski definition) is 2. The van der Waals surface area contributed by atoms with Crippen LogP contribution in [0.15, 0.2) is 0 Å². The normalized spacial score (nSPS) is 42.0. The van der Waals surface area contributed by atoms with E-state index in [2.05, 4.69) is 27.7 Å². The molecule has 0 bridgehead atoms. The van der Waals surface area contributed by atoms with Crippen molar-refractivity contribution in [2.75, 3.05) is 13.7 Å². The standard InChI is InChI=1S/C19H36O2/c1-13-6-8-16(10-15(13)12-20)19(3,4)17-9-7-14(2)18(11-17)21-5/h13-18,20H,6-12H2,1-5H3. The molecule has 1 N–H and O–H groups in total. The molecule has 2 nitrogen and oxygen atoms in total. The van der Waals surface area contributed by atoms with Crippen LogP contribution < -0.4 is 0 Å². The minimum absolute atomic E-state index is 0.371. The first-order chi connectivity index (χ1) is 9.90. The van der Waals surface area contributed by atoms with Crippen molar-refractivity contribution in [2.45, 2.75) is 72.3 Å². The smallest absolute Gasteiger partial charge is 0.0599 e. The Morgan fingerprint density at radius 1 is 0.952 bits per heavy atom. The summed E-state index contributed by atoms with van der Waals surface area (Å²) in [5.74, 6) is 3.46. The van der Waals surface area contributed by atoms with Crippen molar-refractivity contribution in [3.63, 3.8) is 0 Å². The summed E-state index contributed by atoms with van der Waals surface area (Å²) in [7, 11) is 1.88. The largest absolute Gasteiger partial charge is 0.396 e. The van der Waals surface area contributed by atoms with Crippen molar-refractivity contribution in [2.24, 2.45) is 35.0 Å². The number of aliphatic hydroxyl groups is 1. The Balaban J connectivity index is 2.03. The Bertz CT molecular complexity index is 296. The Morgan fingerprint density at radius 2 is 1.52 bits per heavy atom. The second-order valence-electron chi connectivity index (χ2n) is 8.51. The number of aliphatic hydroxyl groups excluding tert-OH is 1. The van der Waals surface area contributed by atoms with Crippen molar-refractivity contribution >= 4 is 0 Å². The first-order valence-electron chi connectivity index (χ1n) is 9.03. The highest BCUT2D eigenvalue weighted by atomic mass is 16.5. The van der Waals surface area contributed by atoms with Crippen LogP contribution in [0.5, 0.6) is 0 Å². The zero-order chi connectivity index (χ0) is 15.6. The van der Waals surface area contributed by atoms with Crippen LogP contribution in [0.3, 0.4) is 0 Å². The molecule has 0 aromatic rings. The predicted octanol–water partition coefficient (Wildman–Crippen LogP) is 4.51. The Labute approximate surface area is 131 Å².